The molecular formula is C20H38O. The van der Waals surface area contributed by atoms with E-state index in [0.717, 1.165) is 30.6 Å². The minimum absolute atomic E-state index is 0.532. The molecule has 124 valence electrons. The van der Waals surface area contributed by atoms with Crippen molar-refractivity contribution in [2.45, 2.75) is 91.6 Å². The van der Waals surface area contributed by atoms with E-state index in [2.05, 4.69) is 34.3 Å². The molecule has 1 aliphatic rings. The summed E-state index contributed by atoms with van der Waals surface area (Å²) in [5, 5.41) is 9.96. The summed E-state index contributed by atoms with van der Waals surface area (Å²) in [5.41, 5.74) is -0.149. The normalized spacial score (nSPS) is 29.6. The Hall–Kier alpha value is -0.300. The molecule has 1 saturated carbocycles. The van der Waals surface area contributed by atoms with Gasteiger partial charge in [0.25, 0.3) is 0 Å². The lowest BCUT2D eigenvalue weighted by atomic mass is 9.62. The van der Waals surface area contributed by atoms with Gasteiger partial charge in [0, 0.05) is 0 Å². The molecule has 0 aromatic rings. The predicted octanol–water partition coefficient (Wildman–Crippen LogP) is 5.97. The highest BCUT2D eigenvalue weighted by molar-refractivity contribution is 4.91. The van der Waals surface area contributed by atoms with Crippen LogP contribution in [0.1, 0.15) is 86.0 Å². The summed E-state index contributed by atoms with van der Waals surface area (Å²) < 4.78 is 0. The first kappa shape index (κ1) is 18.7. The second-order valence-electron chi connectivity index (χ2n) is 8.60. The molecule has 1 rings (SSSR count). The molecule has 0 aliphatic heterocycles. The summed E-state index contributed by atoms with van der Waals surface area (Å²) in [6.45, 7) is 15.3. The van der Waals surface area contributed by atoms with Crippen molar-refractivity contribution in [2.24, 2.45) is 23.2 Å². The maximum atomic E-state index is 9.96. The first-order valence-electron chi connectivity index (χ1n) is 9.04. The number of hydrogen-bond acceptors (Lipinski definition) is 1. The van der Waals surface area contributed by atoms with Gasteiger partial charge in [0.2, 0.25) is 0 Å². The summed E-state index contributed by atoms with van der Waals surface area (Å²) in [5.74, 6) is 2.56. The van der Waals surface area contributed by atoms with Gasteiger partial charge in [0.15, 0.2) is 0 Å². The molecule has 0 spiro atoms. The minimum atomic E-state index is -0.681. The van der Waals surface area contributed by atoms with Crippen LogP contribution >= 0.6 is 0 Å². The van der Waals surface area contributed by atoms with Gasteiger partial charge in [-0.1, -0.05) is 65.9 Å². The summed E-state index contributed by atoms with van der Waals surface area (Å²) >= 11 is 0. The quantitative estimate of drug-likeness (QED) is 0.547. The van der Waals surface area contributed by atoms with E-state index in [1.54, 1.807) is 6.08 Å². The fourth-order valence-electron chi connectivity index (χ4n) is 4.23. The molecule has 1 nitrogen and oxygen atoms in total. The van der Waals surface area contributed by atoms with Gasteiger partial charge in [-0.2, -0.15) is 0 Å². The van der Waals surface area contributed by atoms with Crippen LogP contribution in [0.4, 0.5) is 0 Å². The van der Waals surface area contributed by atoms with E-state index in [0.29, 0.717) is 5.41 Å². The SMILES string of the molecule is C=CC(C)(O)CCCC(C)CCC1C(C)CCCC1(C)C. The first-order chi connectivity index (χ1) is 9.68. The van der Waals surface area contributed by atoms with Gasteiger partial charge in [0.05, 0.1) is 5.60 Å². The van der Waals surface area contributed by atoms with Crippen LogP contribution in [0.25, 0.3) is 0 Å². The fourth-order valence-corrected chi connectivity index (χ4v) is 4.23. The topological polar surface area (TPSA) is 20.2 Å². The molecule has 4 unspecified atom stereocenters. The zero-order valence-electron chi connectivity index (χ0n) is 15.1. The molecular weight excluding hydrogens is 256 g/mol. The lowest BCUT2D eigenvalue weighted by Crippen LogP contribution is -2.33. The van der Waals surface area contributed by atoms with Crippen LogP contribution in [0.15, 0.2) is 12.7 Å². The van der Waals surface area contributed by atoms with Crippen LogP contribution in [-0.2, 0) is 0 Å². The molecule has 1 fully saturated rings. The lowest BCUT2D eigenvalue weighted by molar-refractivity contribution is 0.0697. The number of aliphatic hydroxyl groups is 1. The van der Waals surface area contributed by atoms with Crippen molar-refractivity contribution < 1.29 is 5.11 Å². The molecule has 0 aromatic heterocycles. The highest BCUT2D eigenvalue weighted by Gasteiger charge is 2.36. The van der Waals surface area contributed by atoms with Gasteiger partial charge in [-0.25, -0.2) is 0 Å². The second-order valence-corrected chi connectivity index (χ2v) is 8.60. The maximum Gasteiger partial charge on any atom is 0.0797 e. The monoisotopic (exact) mass is 294 g/mol. The van der Waals surface area contributed by atoms with E-state index >= 15 is 0 Å². The zero-order valence-corrected chi connectivity index (χ0v) is 15.1. The van der Waals surface area contributed by atoms with Crippen LogP contribution in [0.2, 0.25) is 0 Å². The van der Waals surface area contributed by atoms with Gasteiger partial charge in [-0.3, -0.25) is 0 Å². The molecule has 0 heterocycles. The van der Waals surface area contributed by atoms with Crippen LogP contribution in [0.3, 0.4) is 0 Å². The molecule has 0 bridgehead atoms. The van der Waals surface area contributed by atoms with E-state index in [-0.39, 0.29) is 0 Å². The third-order valence-corrected chi connectivity index (χ3v) is 5.96. The lowest BCUT2D eigenvalue weighted by Gasteiger charge is -2.43. The third-order valence-electron chi connectivity index (χ3n) is 5.96. The fraction of sp³-hybridized carbons (Fsp3) is 0.900. The Kier molecular flexibility index (Phi) is 6.97. The van der Waals surface area contributed by atoms with Crippen LogP contribution in [0.5, 0.6) is 0 Å². The molecule has 0 saturated heterocycles. The molecule has 1 aliphatic carbocycles. The molecule has 1 heteroatoms. The van der Waals surface area contributed by atoms with Gasteiger partial charge in [0.1, 0.15) is 0 Å². The Balaban J connectivity index is 2.32. The largest absolute Gasteiger partial charge is 0.386 e. The Morgan fingerprint density at radius 3 is 2.62 bits per heavy atom. The Morgan fingerprint density at radius 1 is 1.38 bits per heavy atom. The van der Waals surface area contributed by atoms with E-state index in [4.69, 9.17) is 0 Å². The average Bonchev–Trinajstić information content (AvgIpc) is 2.37. The molecule has 21 heavy (non-hydrogen) atoms. The third kappa shape index (κ3) is 6.14. The highest BCUT2D eigenvalue weighted by Crippen LogP contribution is 2.46. The van der Waals surface area contributed by atoms with Crippen LogP contribution in [0, 0.1) is 23.2 Å². The van der Waals surface area contributed by atoms with Crippen molar-refractivity contribution in [1.29, 1.82) is 0 Å². The van der Waals surface area contributed by atoms with Crippen LogP contribution < -0.4 is 0 Å². The Morgan fingerprint density at radius 2 is 2.05 bits per heavy atom. The maximum absolute atomic E-state index is 9.96. The van der Waals surface area contributed by atoms with E-state index in [1.807, 2.05) is 6.92 Å². The number of hydrogen-bond donors (Lipinski definition) is 1. The van der Waals surface area contributed by atoms with E-state index in [1.165, 1.54) is 38.5 Å². The highest BCUT2D eigenvalue weighted by atomic mass is 16.3. The first-order valence-corrected chi connectivity index (χ1v) is 9.04. The molecule has 0 aromatic carbocycles. The van der Waals surface area contributed by atoms with Crippen molar-refractivity contribution in [1.82, 2.24) is 0 Å². The standard InChI is InChI=1S/C20H38O/c1-7-20(6,21)15-8-10-16(2)12-13-18-17(3)11-9-14-19(18,4)5/h7,16-18,21H,1,8-15H2,2-6H3. The summed E-state index contributed by atoms with van der Waals surface area (Å²) in [4.78, 5) is 0. The van der Waals surface area contributed by atoms with Crippen molar-refractivity contribution in [3.8, 4) is 0 Å². The van der Waals surface area contributed by atoms with Crippen molar-refractivity contribution >= 4 is 0 Å². The summed E-state index contributed by atoms with van der Waals surface area (Å²) in [6, 6.07) is 0. The van der Waals surface area contributed by atoms with Gasteiger partial charge >= 0.3 is 0 Å². The van der Waals surface area contributed by atoms with Gasteiger partial charge < -0.3 is 5.11 Å². The van der Waals surface area contributed by atoms with Crippen molar-refractivity contribution in [2.75, 3.05) is 0 Å². The molecule has 1 N–H and O–H groups in total. The molecule has 0 amide bonds. The minimum Gasteiger partial charge on any atom is -0.386 e. The summed E-state index contributed by atoms with van der Waals surface area (Å²) in [6.07, 6.45) is 11.8. The zero-order chi connectivity index (χ0) is 16.1. The number of rotatable bonds is 8. The Bertz CT molecular complexity index is 316. The average molecular weight is 295 g/mol. The summed E-state index contributed by atoms with van der Waals surface area (Å²) in [7, 11) is 0. The van der Waals surface area contributed by atoms with Gasteiger partial charge in [-0.05, 0) is 49.4 Å². The Labute approximate surface area is 133 Å². The van der Waals surface area contributed by atoms with E-state index < -0.39 is 5.60 Å². The van der Waals surface area contributed by atoms with Crippen molar-refractivity contribution in [3.05, 3.63) is 12.7 Å². The second kappa shape index (κ2) is 7.81. The predicted molar refractivity (Wildman–Crippen MR) is 93.4 cm³/mol. The molecule has 0 radical (unpaired) electrons. The van der Waals surface area contributed by atoms with Crippen molar-refractivity contribution in [3.63, 3.8) is 0 Å². The van der Waals surface area contributed by atoms with Crippen LogP contribution in [-0.4, -0.2) is 10.7 Å². The van der Waals surface area contributed by atoms with Gasteiger partial charge in [-0.15, -0.1) is 6.58 Å². The van der Waals surface area contributed by atoms with E-state index in [9.17, 15) is 5.11 Å². The smallest absolute Gasteiger partial charge is 0.0797 e. The molecule has 4 atom stereocenters.